The fourth-order valence-electron chi connectivity index (χ4n) is 2.11. The second kappa shape index (κ2) is 4.18. The Bertz CT molecular complexity index is 359. The van der Waals surface area contributed by atoms with Gasteiger partial charge in [-0.3, -0.25) is 0 Å². The van der Waals surface area contributed by atoms with Crippen molar-refractivity contribution in [3.63, 3.8) is 0 Å². The summed E-state index contributed by atoms with van der Waals surface area (Å²) in [6, 6.07) is 0. The molecule has 1 aliphatic rings. The van der Waals surface area contributed by atoms with E-state index in [9.17, 15) is 0 Å². The van der Waals surface area contributed by atoms with Crippen molar-refractivity contribution < 1.29 is 4.74 Å². The highest BCUT2D eigenvalue weighted by Gasteiger charge is 2.25. The molecule has 90 valence electrons. The molecule has 0 bridgehead atoms. The third kappa shape index (κ3) is 2.28. The third-order valence-electron chi connectivity index (χ3n) is 2.85. The zero-order valence-corrected chi connectivity index (χ0v) is 10.6. The SMILES string of the molecule is Cc1[nH]c(C2CNCCO2)nc1C(C)(C)C. The molecule has 4 heteroatoms. The number of nitrogens with zero attached hydrogens (tertiary/aromatic N) is 1. The topological polar surface area (TPSA) is 49.9 Å². The number of imidazole rings is 1. The van der Waals surface area contributed by atoms with Crippen LogP contribution in [0.15, 0.2) is 0 Å². The molecule has 1 fully saturated rings. The number of H-pyrrole nitrogens is 1. The molecule has 2 N–H and O–H groups in total. The Morgan fingerprint density at radius 2 is 2.12 bits per heavy atom. The smallest absolute Gasteiger partial charge is 0.137 e. The van der Waals surface area contributed by atoms with Gasteiger partial charge in [0, 0.05) is 24.2 Å². The molecule has 0 radical (unpaired) electrons. The Hall–Kier alpha value is -0.870. The molecule has 0 aliphatic carbocycles. The molecule has 1 aromatic rings. The highest BCUT2D eigenvalue weighted by molar-refractivity contribution is 5.21. The van der Waals surface area contributed by atoms with Crippen molar-refractivity contribution >= 4 is 0 Å². The molecular formula is C12H21N3O. The quantitative estimate of drug-likeness (QED) is 0.761. The van der Waals surface area contributed by atoms with Crippen LogP contribution < -0.4 is 5.32 Å². The van der Waals surface area contributed by atoms with Gasteiger partial charge in [-0.2, -0.15) is 0 Å². The maximum absolute atomic E-state index is 5.69. The number of hydrogen-bond donors (Lipinski definition) is 2. The molecule has 0 spiro atoms. The largest absolute Gasteiger partial charge is 0.368 e. The molecular weight excluding hydrogens is 202 g/mol. The van der Waals surface area contributed by atoms with Gasteiger partial charge in [-0.05, 0) is 6.92 Å². The summed E-state index contributed by atoms with van der Waals surface area (Å²) in [4.78, 5) is 8.03. The zero-order valence-electron chi connectivity index (χ0n) is 10.6. The molecule has 1 atom stereocenters. The molecule has 1 aromatic heterocycles. The first-order valence-electron chi connectivity index (χ1n) is 5.88. The number of aromatic nitrogens is 2. The predicted octanol–water partition coefficient (Wildman–Crippen LogP) is 1.68. The fourth-order valence-corrected chi connectivity index (χ4v) is 2.11. The number of rotatable bonds is 1. The first kappa shape index (κ1) is 11.6. The van der Waals surface area contributed by atoms with Gasteiger partial charge in [0.25, 0.3) is 0 Å². The Morgan fingerprint density at radius 1 is 1.38 bits per heavy atom. The molecule has 0 amide bonds. The van der Waals surface area contributed by atoms with Gasteiger partial charge in [-0.15, -0.1) is 0 Å². The lowest BCUT2D eigenvalue weighted by molar-refractivity contribution is 0.0225. The Labute approximate surface area is 96.8 Å². The number of ether oxygens (including phenoxy) is 1. The molecule has 4 nitrogen and oxygen atoms in total. The van der Waals surface area contributed by atoms with E-state index in [2.05, 4.69) is 43.0 Å². The summed E-state index contributed by atoms with van der Waals surface area (Å²) in [5.41, 5.74) is 2.37. The number of nitrogens with one attached hydrogen (secondary N) is 2. The summed E-state index contributed by atoms with van der Waals surface area (Å²) < 4.78 is 5.69. The lowest BCUT2D eigenvalue weighted by Crippen LogP contribution is -2.33. The van der Waals surface area contributed by atoms with Crippen LogP contribution in [0.25, 0.3) is 0 Å². The van der Waals surface area contributed by atoms with Crippen LogP contribution in [0.3, 0.4) is 0 Å². The van der Waals surface area contributed by atoms with Crippen LogP contribution in [-0.2, 0) is 10.2 Å². The molecule has 1 unspecified atom stereocenters. The van der Waals surface area contributed by atoms with Crippen molar-refractivity contribution in [1.82, 2.24) is 15.3 Å². The molecule has 2 heterocycles. The number of hydrogen-bond acceptors (Lipinski definition) is 3. The summed E-state index contributed by atoms with van der Waals surface area (Å²) in [6.07, 6.45) is 0.0727. The average Bonchev–Trinajstić information content (AvgIpc) is 2.61. The number of aryl methyl sites for hydroxylation is 1. The summed E-state index contributed by atoms with van der Waals surface area (Å²) in [5, 5.41) is 3.32. The third-order valence-corrected chi connectivity index (χ3v) is 2.85. The second-order valence-electron chi connectivity index (χ2n) is 5.41. The zero-order chi connectivity index (χ0) is 11.8. The van der Waals surface area contributed by atoms with Crippen molar-refractivity contribution in [3.8, 4) is 0 Å². The molecule has 0 saturated carbocycles. The highest BCUT2D eigenvalue weighted by atomic mass is 16.5. The lowest BCUT2D eigenvalue weighted by atomic mass is 9.91. The minimum atomic E-state index is 0.0727. The lowest BCUT2D eigenvalue weighted by Gasteiger charge is -2.22. The van der Waals surface area contributed by atoms with E-state index in [1.54, 1.807) is 0 Å². The highest BCUT2D eigenvalue weighted by Crippen LogP contribution is 2.26. The maximum Gasteiger partial charge on any atom is 0.137 e. The Morgan fingerprint density at radius 3 is 2.62 bits per heavy atom. The molecule has 1 aliphatic heterocycles. The van der Waals surface area contributed by atoms with Gasteiger partial charge in [-0.1, -0.05) is 20.8 Å². The predicted molar refractivity (Wildman–Crippen MR) is 63.6 cm³/mol. The van der Waals surface area contributed by atoms with Gasteiger partial charge < -0.3 is 15.0 Å². The van der Waals surface area contributed by atoms with Crippen molar-refractivity contribution in [2.75, 3.05) is 19.7 Å². The summed E-state index contributed by atoms with van der Waals surface area (Å²) in [7, 11) is 0. The van der Waals surface area contributed by atoms with Crippen LogP contribution in [0.5, 0.6) is 0 Å². The fraction of sp³-hybridized carbons (Fsp3) is 0.750. The van der Waals surface area contributed by atoms with Crippen molar-refractivity contribution in [2.24, 2.45) is 0 Å². The van der Waals surface area contributed by atoms with Crippen LogP contribution in [0.2, 0.25) is 0 Å². The molecule has 16 heavy (non-hydrogen) atoms. The second-order valence-corrected chi connectivity index (χ2v) is 5.41. The van der Waals surface area contributed by atoms with Crippen LogP contribution in [0.4, 0.5) is 0 Å². The van der Waals surface area contributed by atoms with E-state index in [4.69, 9.17) is 4.74 Å². The van der Waals surface area contributed by atoms with E-state index in [0.717, 1.165) is 36.9 Å². The molecule has 2 rings (SSSR count). The van der Waals surface area contributed by atoms with Gasteiger partial charge in [0.05, 0.1) is 12.3 Å². The Balaban J connectivity index is 2.23. The van der Waals surface area contributed by atoms with E-state index in [0.29, 0.717) is 0 Å². The summed E-state index contributed by atoms with van der Waals surface area (Å²) in [6.45, 7) is 11.2. The van der Waals surface area contributed by atoms with Gasteiger partial charge in [0.1, 0.15) is 11.9 Å². The van der Waals surface area contributed by atoms with E-state index >= 15 is 0 Å². The van der Waals surface area contributed by atoms with Crippen LogP contribution in [0.1, 0.15) is 44.1 Å². The standard InChI is InChI=1S/C12H21N3O/c1-8-10(12(2,3)4)15-11(14-8)9-7-13-5-6-16-9/h9,13H,5-7H2,1-4H3,(H,14,15). The van der Waals surface area contributed by atoms with Gasteiger partial charge in [-0.25, -0.2) is 4.98 Å². The first-order chi connectivity index (χ1) is 7.48. The van der Waals surface area contributed by atoms with E-state index < -0.39 is 0 Å². The normalized spacial score (nSPS) is 22.4. The Kier molecular flexibility index (Phi) is 3.04. The van der Waals surface area contributed by atoms with Crippen molar-refractivity contribution in [2.45, 2.75) is 39.2 Å². The summed E-state index contributed by atoms with van der Waals surface area (Å²) >= 11 is 0. The van der Waals surface area contributed by atoms with Gasteiger partial charge in [0.2, 0.25) is 0 Å². The average molecular weight is 223 g/mol. The molecule has 0 aromatic carbocycles. The van der Waals surface area contributed by atoms with E-state index in [1.807, 2.05) is 0 Å². The van der Waals surface area contributed by atoms with Crippen LogP contribution in [0, 0.1) is 6.92 Å². The van der Waals surface area contributed by atoms with Gasteiger partial charge in [0.15, 0.2) is 0 Å². The number of aromatic amines is 1. The summed E-state index contributed by atoms with van der Waals surface area (Å²) in [5.74, 6) is 0.953. The molecule has 1 saturated heterocycles. The van der Waals surface area contributed by atoms with Crippen molar-refractivity contribution in [1.29, 1.82) is 0 Å². The van der Waals surface area contributed by atoms with Crippen LogP contribution >= 0.6 is 0 Å². The van der Waals surface area contributed by atoms with Crippen LogP contribution in [-0.4, -0.2) is 29.7 Å². The first-order valence-corrected chi connectivity index (χ1v) is 5.88. The monoisotopic (exact) mass is 223 g/mol. The maximum atomic E-state index is 5.69. The van der Waals surface area contributed by atoms with E-state index in [-0.39, 0.29) is 11.5 Å². The van der Waals surface area contributed by atoms with E-state index in [1.165, 1.54) is 0 Å². The van der Waals surface area contributed by atoms with Gasteiger partial charge >= 0.3 is 0 Å². The van der Waals surface area contributed by atoms with Crippen molar-refractivity contribution in [3.05, 3.63) is 17.2 Å². The number of morpholine rings is 1. The minimum Gasteiger partial charge on any atom is -0.368 e. The minimum absolute atomic E-state index is 0.0727.